The van der Waals surface area contributed by atoms with Crippen LogP contribution in [0.25, 0.3) is 0 Å². The Bertz CT molecular complexity index is 751. The van der Waals surface area contributed by atoms with Crippen LogP contribution in [0.2, 0.25) is 0 Å². The molecular formula is C17H15FN2O2S. The van der Waals surface area contributed by atoms with E-state index in [1.54, 1.807) is 18.2 Å². The first-order chi connectivity index (χ1) is 11.1. The maximum atomic E-state index is 13.5. The molecule has 0 aliphatic carbocycles. The molecule has 118 valence electrons. The highest BCUT2D eigenvalue weighted by atomic mass is 32.2. The SMILES string of the molecule is O=C(C[C@H]1Sc2ccccc2NC1=O)NCc1ccccc1F. The van der Waals surface area contributed by atoms with E-state index in [0.717, 1.165) is 10.6 Å². The first kappa shape index (κ1) is 15.6. The van der Waals surface area contributed by atoms with Crippen LogP contribution in [0.1, 0.15) is 12.0 Å². The monoisotopic (exact) mass is 330 g/mol. The summed E-state index contributed by atoms with van der Waals surface area (Å²) in [7, 11) is 0. The Balaban J connectivity index is 1.58. The highest BCUT2D eigenvalue weighted by Crippen LogP contribution is 2.36. The number of para-hydroxylation sites is 1. The lowest BCUT2D eigenvalue weighted by molar-refractivity contribution is -0.124. The van der Waals surface area contributed by atoms with Gasteiger partial charge in [0.2, 0.25) is 11.8 Å². The lowest BCUT2D eigenvalue weighted by Crippen LogP contribution is -2.34. The Kier molecular flexibility index (Phi) is 4.62. The van der Waals surface area contributed by atoms with Crippen LogP contribution in [-0.2, 0) is 16.1 Å². The van der Waals surface area contributed by atoms with Gasteiger partial charge < -0.3 is 10.6 Å². The molecule has 4 nitrogen and oxygen atoms in total. The Hall–Kier alpha value is -2.34. The van der Waals surface area contributed by atoms with Crippen LogP contribution >= 0.6 is 11.8 Å². The van der Waals surface area contributed by atoms with E-state index in [1.165, 1.54) is 17.8 Å². The topological polar surface area (TPSA) is 58.2 Å². The fraction of sp³-hybridized carbons (Fsp3) is 0.176. The van der Waals surface area contributed by atoms with Crippen molar-refractivity contribution in [2.45, 2.75) is 23.1 Å². The van der Waals surface area contributed by atoms with Gasteiger partial charge in [-0.2, -0.15) is 0 Å². The molecule has 2 N–H and O–H groups in total. The molecule has 2 aromatic carbocycles. The van der Waals surface area contributed by atoms with E-state index in [4.69, 9.17) is 0 Å². The summed E-state index contributed by atoms with van der Waals surface area (Å²) >= 11 is 1.37. The molecule has 2 amide bonds. The average Bonchev–Trinajstić information content (AvgIpc) is 2.55. The normalized spacial score (nSPS) is 16.4. The first-order valence-corrected chi connectivity index (χ1v) is 8.08. The molecule has 23 heavy (non-hydrogen) atoms. The zero-order valence-corrected chi connectivity index (χ0v) is 13.0. The van der Waals surface area contributed by atoms with Gasteiger partial charge in [0.15, 0.2) is 0 Å². The molecule has 1 aliphatic rings. The molecule has 0 unspecified atom stereocenters. The summed E-state index contributed by atoms with van der Waals surface area (Å²) < 4.78 is 13.5. The van der Waals surface area contributed by atoms with Gasteiger partial charge in [-0.15, -0.1) is 11.8 Å². The third-order valence-corrected chi connectivity index (χ3v) is 4.79. The van der Waals surface area contributed by atoms with E-state index in [0.29, 0.717) is 5.56 Å². The van der Waals surface area contributed by atoms with Crippen LogP contribution in [-0.4, -0.2) is 17.1 Å². The number of thioether (sulfide) groups is 1. The smallest absolute Gasteiger partial charge is 0.238 e. The molecule has 0 bridgehead atoms. The van der Waals surface area contributed by atoms with Gasteiger partial charge in [-0.1, -0.05) is 30.3 Å². The van der Waals surface area contributed by atoms with Gasteiger partial charge in [0.05, 0.1) is 10.9 Å². The second kappa shape index (κ2) is 6.83. The third-order valence-electron chi connectivity index (χ3n) is 3.51. The second-order valence-corrected chi connectivity index (χ2v) is 6.41. The quantitative estimate of drug-likeness (QED) is 0.906. The number of fused-ring (bicyclic) bond motifs is 1. The van der Waals surface area contributed by atoms with Crippen LogP contribution in [0.4, 0.5) is 10.1 Å². The van der Waals surface area contributed by atoms with Gasteiger partial charge in [-0.3, -0.25) is 9.59 Å². The lowest BCUT2D eigenvalue weighted by atomic mass is 10.2. The number of carbonyl (C=O) groups is 2. The largest absolute Gasteiger partial charge is 0.352 e. The number of carbonyl (C=O) groups excluding carboxylic acids is 2. The molecule has 0 spiro atoms. The molecule has 1 aliphatic heterocycles. The number of anilines is 1. The van der Waals surface area contributed by atoms with Gasteiger partial charge in [-0.05, 0) is 18.2 Å². The molecular weight excluding hydrogens is 315 g/mol. The van der Waals surface area contributed by atoms with Gasteiger partial charge in [-0.25, -0.2) is 4.39 Å². The molecule has 6 heteroatoms. The molecule has 0 radical (unpaired) electrons. The highest BCUT2D eigenvalue weighted by molar-refractivity contribution is 8.01. The molecule has 0 saturated carbocycles. The Morgan fingerprint density at radius 3 is 2.74 bits per heavy atom. The van der Waals surface area contributed by atoms with Crippen molar-refractivity contribution in [2.24, 2.45) is 0 Å². The van der Waals surface area contributed by atoms with Gasteiger partial charge in [0, 0.05) is 23.4 Å². The Morgan fingerprint density at radius 1 is 1.17 bits per heavy atom. The van der Waals surface area contributed by atoms with Crippen LogP contribution in [0.3, 0.4) is 0 Å². The van der Waals surface area contributed by atoms with E-state index in [9.17, 15) is 14.0 Å². The van der Waals surface area contributed by atoms with E-state index in [1.807, 2.05) is 24.3 Å². The van der Waals surface area contributed by atoms with Crippen molar-refractivity contribution in [2.75, 3.05) is 5.32 Å². The summed E-state index contributed by atoms with van der Waals surface area (Å²) in [6.07, 6.45) is 0.0548. The minimum atomic E-state index is -0.481. The van der Waals surface area contributed by atoms with Crippen molar-refractivity contribution >= 4 is 29.3 Å². The van der Waals surface area contributed by atoms with Crippen molar-refractivity contribution in [1.29, 1.82) is 0 Å². The van der Waals surface area contributed by atoms with Gasteiger partial charge in [0.1, 0.15) is 5.82 Å². The second-order valence-electron chi connectivity index (χ2n) is 5.16. The summed E-state index contributed by atoms with van der Waals surface area (Å²) in [4.78, 5) is 25.0. The fourth-order valence-electron chi connectivity index (χ4n) is 2.30. The van der Waals surface area contributed by atoms with Crippen molar-refractivity contribution in [3.63, 3.8) is 0 Å². The highest BCUT2D eigenvalue weighted by Gasteiger charge is 2.28. The number of halogens is 1. The Labute approximate surface area is 137 Å². The number of hydrogen-bond donors (Lipinski definition) is 2. The maximum Gasteiger partial charge on any atom is 0.238 e. The lowest BCUT2D eigenvalue weighted by Gasteiger charge is -2.23. The molecule has 0 fully saturated rings. The molecule has 2 aromatic rings. The number of rotatable bonds is 4. The predicted molar refractivity (Wildman–Crippen MR) is 87.6 cm³/mol. The van der Waals surface area contributed by atoms with Gasteiger partial charge in [0.25, 0.3) is 0 Å². The fourth-order valence-corrected chi connectivity index (χ4v) is 3.41. The summed E-state index contributed by atoms with van der Waals surface area (Å²) in [5, 5.41) is 4.98. The zero-order valence-electron chi connectivity index (χ0n) is 12.2. The van der Waals surface area contributed by atoms with Crippen molar-refractivity contribution in [1.82, 2.24) is 5.32 Å². The van der Waals surface area contributed by atoms with Crippen LogP contribution in [0.5, 0.6) is 0 Å². The maximum absolute atomic E-state index is 13.5. The van der Waals surface area contributed by atoms with Crippen LogP contribution in [0, 0.1) is 5.82 Å². The van der Waals surface area contributed by atoms with Crippen molar-refractivity contribution in [3.8, 4) is 0 Å². The van der Waals surface area contributed by atoms with Crippen molar-refractivity contribution < 1.29 is 14.0 Å². The minimum absolute atomic E-state index is 0.0548. The molecule has 1 heterocycles. The van der Waals surface area contributed by atoms with Crippen LogP contribution in [0.15, 0.2) is 53.4 Å². The third kappa shape index (κ3) is 3.71. The first-order valence-electron chi connectivity index (χ1n) is 7.20. The van der Waals surface area contributed by atoms with Crippen molar-refractivity contribution in [3.05, 3.63) is 59.9 Å². The number of amides is 2. The number of benzene rings is 2. The zero-order chi connectivity index (χ0) is 16.2. The number of hydrogen-bond acceptors (Lipinski definition) is 3. The summed E-state index contributed by atoms with van der Waals surface area (Å²) in [5.74, 6) is -0.818. The standard InChI is InChI=1S/C17H15FN2O2S/c18-12-6-2-1-5-11(12)10-19-16(21)9-15-17(22)20-13-7-3-4-8-14(13)23-15/h1-8,15H,9-10H2,(H,19,21)(H,20,22)/t15-/m1/s1. The van der Waals surface area contributed by atoms with Crippen LogP contribution < -0.4 is 10.6 Å². The minimum Gasteiger partial charge on any atom is -0.352 e. The Morgan fingerprint density at radius 2 is 1.91 bits per heavy atom. The van der Waals surface area contributed by atoms with Gasteiger partial charge >= 0.3 is 0 Å². The van der Waals surface area contributed by atoms with E-state index < -0.39 is 5.25 Å². The summed E-state index contributed by atoms with van der Waals surface area (Å²) in [6, 6.07) is 13.8. The molecule has 0 saturated heterocycles. The number of nitrogens with one attached hydrogen (secondary N) is 2. The molecule has 1 atom stereocenters. The molecule has 3 rings (SSSR count). The predicted octanol–water partition coefficient (Wildman–Crippen LogP) is 2.95. The molecule has 0 aromatic heterocycles. The van der Waals surface area contributed by atoms with E-state index in [-0.39, 0.29) is 30.6 Å². The van der Waals surface area contributed by atoms with E-state index in [2.05, 4.69) is 10.6 Å². The average molecular weight is 330 g/mol. The van der Waals surface area contributed by atoms with E-state index >= 15 is 0 Å². The summed E-state index contributed by atoms with van der Waals surface area (Å²) in [5.41, 5.74) is 1.19. The summed E-state index contributed by atoms with van der Waals surface area (Å²) in [6.45, 7) is 0.112.